The van der Waals surface area contributed by atoms with Crippen LogP contribution in [-0.4, -0.2) is 19.6 Å². The predicted molar refractivity (Wildman–Crippen MR) is 58.0 cm³/mol. The van der Waals surface area contributed by atoms with Gasteiger partial charge >= 0.3 is 0 Å². The molecule has 0 bridgehead atoms. The third-order valence-electron chi connectivity index (χ3n) is 3.70. The largest absolute Gasteiger partial charge is 0.334 e. The average Bonchev–Trinajstić information content (AvgIpc) is 2.57. The minimum Gasteiger partial charge on any atom is -0.334 e. The molecule has 0 aromatic carbocycles. The van der Waals surface area contributed by atoms with Crippen LogP contribution in [-0.2, 0) is 0 Å². The molecule has 1 heterocycles. The SMILES string of the molecule is CCCC[NH+]1CC(CC)C(CC)C1. The molecule has 0 aliphatic carbocycles. The van der Waals surface area contributed by atoms with Crippen molar-refractivity contribution >= 4 is 0 Å². The molecule has 1 nitrogen and oxygen atoms in total. The van der Waals surface area contributed by atoms with Crippen molar-refractivity contribution in [2.24, 2.45) is 11.8 Å². The van der Waals surface area contributed by atoms with Crippen LogP contribution in [0.2, 0.25) is 0 Å². The van der Waals surface area contributed by atoms with Gasteiger partial charge in [-0.1, -0.05) is 27.2 Å². The first kappa shape index (κ1) is 11.0. The van der Waals surface area contributed by atoms with Gasteiger partial charge in [-0.2, -0.15) is 0 Å². The molecular formula is C12H26N+. The smallest absolute Gasteiger partial charge is 0.0804 e. The second-order valence-electron chi connectivity index (χ2n) is 4.60. The molecule has 0 spiro atoms. The molecule has 0 amide bonds. The highest BCUT2D eigenvalue weighted by Crippen LogP contribution is 2.19. The third kappa shape index (κ3) is 2.98. The van der Waals surface area contributed by atoms with Crippen molar-refractivity contribution in [1.82, 2.24) is 0 Å². The topological polar surface area (TPSA) is 4.44 Å². The van der Waals surface area contributed by atoms with Crippen molar-refractivity contribution in [2.45, 2.75) is 46.5 Å². The monoisotopic (exact) mass is 184 g/mol. The number of quaternary nitrogens is 1. The van der Waals surface area contributed by atoms with Crippen molar-refractivity contribution in [3.05, 3.63) is 0 Å². The molecule has 1 aliphatic rings. The minimum absolute atomic E-state index is 1.02. The summed E-state index contributed by atoms with van der Waals surface area (Å²) in [5.41, 5.74) is 0. The van der Waals surface area contributed by atoms with Crippen LogP contribution in [0.15, 0.2) is 0 Å². The van der Waals surface area contributed by atoms with Crippen LogP contribution in [0.1, 0.15) is 46.5 Å². The molecule has 0 aromatic rings. The van der Waals surface area contributed by atoms with Crippen molar-refractivity contribution in [3.63, 3.8) is 0 Å². The van der Waals surface area contributed by atoms with Crippen LogP contribution in [0, 0.1) is 11.8 Å². The molecule has 1 heteroatoms. The first-order valence-corrected chi connectivity index (χ1v) is 6.15. The van der Waals surface area contributed by atoms with Crippen molar-refractivity contribution < 1.29 is 4.90 Å². The Hall–Kier alpha value is -0.0400. The molecular weight excluding hydrogens is 158 g/mol. The van der Waals surface area contributed by atoms with Crippen molar-refractivity contribution in [3.8, 4) is 0 Å². The lowest BCUT2D eigenvalue weighted by Gasteiger charge is -2.11. The van der Waals surface area contributed by atoms with Gasteiger partial charge in [-0.25, -0.2) is 0 Å². The van der Waals surface area contributed by atoms with Gasteiger partial charge in [0, 0.05) is 11.8 Å². The van der Waals surface area contributed by atoms with Gasteiger partial charge in [-0.3, -0.25) is 0 Å². The van der Waals surface area contributed by atoms with E-state index in [1.807, 2.05) is 4.90 Å². The zero-order chi connectivity index (χ0) is 9.68. The van der Waals surface area contributed by atoms with Gasteiger partial charge in [-0.05, 0) is 19.3 Å². The summed E-state index contributed by atoms with van der Waals surface area (Å²) in [5.74, 6) is 2.05. The van der Waals surface area contributed by atoms with Crippen LogP contribution < -0.4 is 4.90 Å². The summed E-state index contributed by atoms with van der Waals surface area (Å²) >= 11 is 0. The third-order valence-corrected chi connectivity index (χ3v) is 3.70. The Morgan fingerprint density at radius 3 is 1.92 bits per heavy atom. The Kier molecular flexibility index (Phi) is 4.79. The summed E-state index contributed by atoms with van der Waals surface area (Å²) < 4.78 is 0. The number of nitrogens with one attached hydrogen (secondary N) is 1. The van der Waals surface area contributed by atoms with E-state index in [1.165, 1.54) is 45.3 Å². The van der Waals surface area contributed by atoms with Crippen LogP contribution >= 0.6 is 0 Å². The molecule has 0 saturated carbocycles. The molecule has 2 atom stereocenters. The molecule has 1 saturated heterocycles. The van der Waals surface area contributed by atoms with Crippen LogP contribution in [0.3, 0.4) is 0 Å². The number of unbranched alkanes of at least 4 members (excludes halogenated alkanes) is 1. The van der Waals surface area contributed by atoms with Gasteiger partial charge in [0.15, 0.2) is 0 Å². The Balaban J connectivity index is 2.30. The first-order chi connectivity index (χ1) is 6.31. The van der Waals surface area contributed by atoms with Crippen molar-refractivity contribution in [1.29, 1.82) is 0 Å². The number of likely N-dealkylation sites (tertiary alicyclic amines) is 1. The summed E-state index contributed by atoms with van der Waals surface area (Å²) in [6.45, 7) is 11.3. The fourth-order valence-corrected chi connectivity index (χ4v) is 2.74. The van der Waals surface area contributed by atoms with E-state index in [4.69, 9.17) is 0 Å². The Bertz CT molecular complexity index is 121. The molecule has 2 unspecified atom stereocenters. The highest BCUT2D eigenvalue weighted by atomic mass is 15.1. The van der Waals surface area contributed by atoms with Gasteiger partial charge in [0.25, 0.3) is 0 Å². The molecule has 1 fully saturated rings. The van der Waals surface area contributed by atoms with Crippen LogP contribution in [0.4, 0.5) is 0 Å². The lowest BCUT2D eigenvalue weighted by Crippen LogP contribution is -3.10. The number of hydrogen-bond donors (Lipinski definition) is 1. The zero-order valence-electron chi connectivity index (χ0n) is 9.60. The normalized spacial score (nSPS) is 33.9. The Morgan fingerprint density at radius 2 is 1.54 bits per heavy atom. The second-order valence-corrected chi connectivity index (χ2v) is 4.60. The lowest BCUT2D eigenvalue weighted by atomic mass is 9.92. The van der Waals surface area contributed by atoms with E-state index in [2.05, 4.69) is 20.8 Å². The van der Waals surface area contributed by atoms with Gasteiger partial charge < -0.3 is 4.90 Å². The zero-order valence-corrected chi connectivity index (χ0v) is 9.60. The summed E-state index contributed by atoms with van der Waals surface area (Å²) in [7, 11) is 0. The average molecular weight is 184 g/mol. The highest BCUT2D eigenvalue weighted by Gasteiger charge is 2.32. The van der Waals surface area contributed by atoms with E-state index in [1.54, 1.807) is 0 Å². The molecule has 1 N–H and O–H groups in total. The fraction of sp³-hybridized carbons (Fsp3) is 1.00. The minimum atomic E-state index is 1.02. The van der Waals surface area contributed by atoms with Crippen molar-refractivity contribution in [2.75, 3.05) is 19.6 Å². The summed E-state index contributed by atoms with van der Waals surface area (Å²) in [5, 5.41) is 0. The summed E-state index contributed by atoms with van der Waals surface area (Å²) in [6.07, 6.45) is 5.57. The molecule has 0 radical (unpaired) electrons. The summed E-state index contributed by atoms with van der Waals surface area (Å²) in [4.78, 5) is 1.88. The number of hydrogen-bond acceptors (Lipinski definition) is 0. The predicted octanol–water partition coefficient (Wildman–Crippen LogP) is 1.74. The molecule has 1 aliphatic heterocycles. The highest BCUT2D eigenvalue weighted by molar-refractivity contribution is 4.71. The summed E-state index contributed by atoms with van der Waals surface area (Å²) in [6, 6.07) is 0. The molecule has 0 aromatic heterocycles. The van der Waals surface area contributed by atoms with Gasteiger partial charge in [-0.15, -0.1) is 0 Å². The van der Waals surface area contributed by atoms with Gasteiger partial charge in [0.1, 0.15) is 0 Å². The second kappa shape index (κ2) is 5.64. The van der Waals surface area contributed by atoms with Crippen LogP contribution in [0.25, 0.3) is 0 Å². The number of rotatable bonds is 5. The Labute approximate surface area is 83.5 Å². The molecule has 13 heavy (non-hydrogen) atoms. The van der Waals surface area contributed by atoms with E-state index < -0.39 is 0 Å². The van der Waals surface area contributed by atoms with E-state index >= 15 is 0 Å². The van der Waals surface area contributed by atoms with E-state index in [9.17, 15) is 0 Å². The molecule has 78 valence electrons. The standard InChI is InChI=1S/C12H25N/c1-4-7-8-13-9-11(5-2)12(6-3)10-13/h11-12H,4-10H2,1-3H3/p+1. The maximum absolute atomic E-state index is 2.36. The van der Waals surface area contributed by atoms with Gasteiger partial charge in [0.05, 0.1) is 19.6 Å². The first-order valence-electron chi connectivity index (χ1n) is 6.15. The lowest BCUT2D eigenvalue weighted by molar-refractivity contribution is -0.890. The quantitative estimate of drug-likeness (QED) is 0.664. The van der Waals surface area contributed by atoms with Gasteiger partial charge in [0.2, 0.25) is 0 Å². The molecule has 1 rings (SSSR count). The Morgan fingerprint density at radius 1 is 1.00 bits per heavy atom. The van der Waals surface area contributed by atoms with Crippen LogP contribution in [0.5, 0.6) is 0 Å². The maximum atomic E-state index is 2.36. The fourth-order valence-electron chi connectivity index (χ4n) is 2.74. The van der Waals surface area contributed by atoms with E-state index in [0.717, 1.165) is 11.8 Å². The maximum Gasteiger partial charge on any atom is 0.0804 e. The van der Waals surface area contributed by atoms with E-state index in [-0.39, 0.29) is 0 Å². The van der Waals surface area contributed by atoms with E-state index in [0.29, 0.717) is 0 Å².